The summed E-state index contributed by atoms with van der Waals surface area (Å²) in [4.78, 5) is 24.3. The molecule has 0 aromatic heterocycles. The summed E-state index contributed by atoms with van der Waals surface area (Å²) >= 11 is 0. The van der Waals surface area contributed by atoms with Crippen LogP contribution >= 0.6 is 0 Å². The minimum atomic E-state index is -3.06. The first kappa shape index (κ1) is 18.8. The highest BCUT2D eigenvalue weighted by atomic mass is 19.3. The molecule has 2 aromatic carbocycles. The van der Waals surface area contributed by atoms with Crippen molar-refractivity contribution in [1.82, 2.24) is 5.32 Å². The molecule has 27 heavy (non-hydrogen) atoms. The van der Waals surface area contributed by atoms with Crippen molar-refractivity contribution in [3.8, 4) is 5.75 Å². The Labute approximate surface area is 155 Å². The lowest BCUT2D eigenvalue weighted by atomic mass is 9.88. The third-order valence-electron chi connectivity index (χ3n) is 4.36. The molecular formula is C20H19F2NO4. The Balaban J connectivity index is 1.58. The van der Waals surface area contributed by atoms with Gasteiger partial charge in [0.25, 0.3) is 5.91 Å². The Kier molecular flexibility index (Phi) is 6.01. The third kappa shape index (κ3) is 4.81. The molecule has 0 radical (unpaired) electrons. The number of nitrogens with one attached hydrogen (secondary N) is 1. The number of halogens is 2. The third-order valence-corrected chi connectivity index (χ3v) is 4.36. The maximum atomic E-state index is 12.4. The number of amides is 1. The molecule has 0 fully saturated rings. The summed E-state index contributed by atoms with van der Waals surface area (Å²) in [6.07, 6.45) is 2.74. The van der Waals surface area contributed by atoms with Crippen LogP contribution in [-0.4, -0.2) is 25.1 Å². The van der Waals surface area contributed by atoms with Gasteiger partial charge in [-0.1, -0.05) is 36.4 Å². The smallest absolute Gasteiger partial charge is 0.387 e. The van der Waals surface area contributed by atoms with Crippen molar-refractivity contribution < 1.29 is 27.8 Å². The summed E-state index contributed by atoms with van der Waals surface area (Å²) in [6, 6.07) is 13.3. The minimum Gasteiger partial charge on any atom is -0.452 e. The molecule has 142 valence electrons. The van der Waals surface area contributed by atoms with Gasteiger partial charge in [0.2, 0.25) is 0 Å². The lowest BCUT2D eigenvalue weighted by Gasteiger charge is -2.26. The molecule has 1 atom stereocenters. The number of carbonyl (C=O) groups is 2. The second-order valence-electron chi connectivity index (χ2n) is 6.16. The molecule has 1 aliphatic carbocycles. The van der Waals surface area contributed by atoms with Crippen molar-refractivity contribution in [2.45, 2.75) is 31.9 Å². The molecule has 1 amide bonds. The molecule has 1 aliphatic rings. The minimum absolute atomic E-state index is 0.129. The normalized spacial score (nSPS) is 15.7. The monoisotopic (exact) mass is 375 g/mol. The van der Waals surface area contributed by atoms with E-state index in [1.54, 1.807) is 0 Å². The van der Waals surface area contributed by atoms with Crippen LogP contribution in [0.2, 0.25) is 0 Å². The zero-order valence-electron chi connectivity index (χ0n) is 14.5. The number of ether oxygens (including phenoxy) is 2. The molecule has 0 saturated heterocycles. The van der Waals surface area contributed by atoms with Crippen LogP contribution in [0.3, 0.4) is 0 Å². The first-order valence-corrected chi connectivity index (χ1v) is 8.62. The summed E-state index contributed by atoms with van der Waals surface area (Å²) in [5, 5.41) is 2.86. The topological polar surface area (TPSA) is 64.6 Å². The summed E-state index contributed by atoms with van der Waals surface area (Å²) in [6.45, 7) is -3.56. The van der Waals surface area contributed by atoms with Gasteiger partial charge < -0.3 is 14.8 Å². The van der Waals surface area contributed by atoms with Gasteiger partial charge in [0, 0.05) is 0 Å². The summed E-state index contributed by atoms with van der Waals surface area (Å²) in [5.41, 5.74) is 2.11. The van der Waals surface area contributed by atoms with E-state index in [4.69, 9.17) is 4.74 Å². The second kappa shape index (κ2) is 8.62. The van der Waals surface area contributed by atoms with Gasteiger partial charge in [-0.3, -0.25) is 4.79 Å². The van der Waals surface area contributed by atoms with Crippen LogP contribution in [0.15, 0.2) is 48.5 Å². The molecule has 7 heteroatoms. The van der Waals surface area contributed by atoms with Crippen LogP contribution in [0.1, 0.15) is 40.4 Å². The van der Waals surface area contributed by atoms with Crippen LogP contribution in [-0.2, 0) is 16.0 Å². The number of alkyl halides is 2. The van der Waals surface area contributed by atoms with Crippen molar-refractivity contribution in [3.63, 3.8) is 0 Å². The lowest BCUT2D eigenvalue weighted by Crippen LogP contribution is -2.34. The number of benzene rings is 2. The number of hydrogen-bond acceptors (Lipinski definition) is 4. The Morgan fingerprint density at radius 1 is 1.11 bits per heavy atom. The van der Waals surface area contributed by atoms with Gasteiger partial charge in [-0.2, -0.15) is 8.78 Å². The first-order chi connectivity index (χ1) is 13.0. The van der Waals surface area contributed by atoms with E-state index < -0.39 is 25.1 Å². The fourth-order valence-electron chi connectivity index (χ4n) is 3.18. The van der Waals surface area contributed by atoms with E-state index >= 15 is 0 Å². The van der Waals surface area contributed by atoms with Crippen molar-refractivity contribution in [2.24, 2.45) is 0 Å². The van der Waals surface area contributed by atoms with Crippen molar-refractivity contribution in [2.75, 3.05) is 6.61 Å². The molecule has 3 rings (SSSR count). The fourth-order valence-corrected chi connectivity index (χ4v) is 3.18. The highest BCUT2D eigenvalue weighted by Crippen LogP contribution is 2.29. The maximum absolute atomic E-state index is 12.4. The van der Waals surface area contributed by atoms with E-state index in [0.29, 0.717) is 0 Å². The Bertz CT molecular complexity index is 825. The van der Waals surface area contributed by atoms with Crippen LogP contribution < -0.4 is 10.1 Å². The van der Waals surface area contributed by atoms with Gasteiger partial charge in [-0.05, 0) is 42.5 Å². The number of esters is 1. The van der Waals surface area contributed by atoms with E-state index in [0.717, 1.165) is 24.8 Å². The highest BCUT2D eigenvalue weighted by Gasteiger charge is 2.22. The van der Waals surface area contributed by atoms with E-state index in [-0.39, 0.29) is 17.4 Å². The quantitative estimate of drug-likeness (QED) is 0.783. The predicted octanol–water partition coefficient (Wildman–Crippen LogP) is 3.64. The molecule has 0 heterocycles. The number of hydrogen-bond donors (Lipinski definition) is 1. The molecular weight excluding hydrogens is 356 g/mol. The maximum Gasteiger partial charge on any atom is 0.387 e. The van der Waals surface area contributed by atoms with E-state index in [1.165, 1.54) is 29.8 Å². The fraction of sp³-hybridized carbons (Fsp3) is 0.300. The van der Waals surface area contributed by atoms with Crippen LogP contribution in [0.4, 0.5) is 8.78 Å². The summed E-state index contributed by atoms with van der Waals surface area (Å²) < 4.78 is 34.1. The Morgan fingerprint density at radius 3 is 2.67 bits per heavy atom. The average Bonchev–Trinajstić information content (AvgIpc) is 2.66. The standard InChI is InChI=1S/C20H19F2NO4/c21-20(22)27-17-11-4-3-9-15(17)19(25)26-12-18(24)23-16-10-5-7-13-6-1-2-8-14(13)16/h1-4,6,8-9,11,16,20H,5,7,10,12H2,(H,23,24). The lowest BCUT2D eigenvalue weighted by molar-refractivity contribution is -0.125. The van der Waals surface area contributed by atoms with E-state index in [2.05, 4.69) is 10.1 Å². The summed E-state index contributed by atoms with van der Waals surface area (Å²) in [7, 11) is 0. The molecule has 0 spiro atoms. The van der Waals surface area contributed by atoms with E-state index in [9.17, 15) is 18.4 Å². The SMILES string of the molecule is O=C(COC(=O)c1ccccc1OC(F)F)NC1CCCc2ccccc21. The number of fused-ring (bicyclic) bond motifs is 1. The van der Waals surface area contributed by atoms with Gasteiger partial charge in [0.1, 0.15) is 11.3 Å². The highest BCUT2D eigenvalue weighted by molar-refractivity contribution is 5.94. The number of para-hydroxylation sites is 1. The predicted molar refractivity (Wildman–Crippen MR) is 93.6 cm³/mol. The van der Waals surface area contributed by atoms with Gasteiger partial charge in [0.05, 0.1) is 6.04 Å². The Morgan fingerprint density at radius 2 is 1.85 bits per heavy atom. The van der Waals surface area contributed by atoms with Gasteiger partial charge in [-0.25, -0.2) is 4.79 Å². The van der Waals surface area contributed by atoms with Gasteiger partial charge in [-0.15, -0.1) is 0 Å². The molecule has 0 bridgehead atoms. The molecule has 2 aromatic rings. The first-order valence-electron chi connectivity index (χ1n) is 8.62. The number of rotatable bonds is 6. The zero-order chi connectivity index (χ0) is 19.2. The summed E-state index contributed by atoms with van der Waals surface area (Å²) in [5.74, 6) is -1.64. The van der Waals surface area contributed by atoms with Crippen LogP contribution in [0, 0.1) is 0 Å². The average molecular weight is 375 g/mol. The van der Waals surface area contributed by atoms with Gasteiger partial charge >= 0.3 is 12.6 Å². The van der Waals surface area contributed by atoms with Crippen molar-refractivity contribution in [1.29, 1.82) is 0 Å². The van der Waals surface area contributed by atoms with Crippen molar-refractivity contribution >= 4 is 11.9 Å². The molecule has 1 N–H and O–H groups in total. The zero-order valence-corrected chi connectivity index (χ0v) is 14.5. The number of aryl methyl sites for hydroxylation is 1. The second-order valence-corrected chi connectivity index (χ2v) is 6.16. The van der Waals surface area contributed by atoms with E-state index in [1.807, 2.05) is 24.3 Å². The van der Waals surface area contributed by atoms with Gasteiger partial charge in [0.15, 0.2) is 6.61 Å². The Hall–Kier alpha value is -2.96. The molecule has 0 aliphatic heterocycles. The van der Waals surface area contributed by atoms with Crippen molar-refractivity contribution in [3.05, 3.63) is 65.2 Å². The van der Waals surface area contributed by atoms with Crippen LogP contribution in [0.25, 0.3) is 0 Å². The number of carbonyl (C=O) groups excluding carboxylic acids is 2. The molecule has 5 nitrogen and oxygen atoms in total. The van der Waals surface area contributed by atoms with Crippen LogP contribution in [0.5, 0.6) is 5.75 Å². The molecule has 1 unspecified atom stereocenters. The molecule has 0 saturated carbocycles. The largest absolute Gasteiger partial charge is 0.452 e.